The number of likely N-dealkylation sites (N-methyl/N-ethyl adjacent to an activating group) is 1. The molecule has 0 radical (unpaired) electrons. The number of carboxylic acid groups (broad SMARTS) is 1. The molecule has 2 atom stereocenters. The van der Waals surface area contributed by atoms with Crippen molar-refractivity contribution in [2.75, 3.05) is 26.7 Å². The van der Waals surface area contributed by atoms with Crippen LogP contribution in [0.2, 0.25) is 5.02 Å². The summed E-state index contributed by atoms with van der Waals surface area (Å²) < 4.78 is 0. The fraction of sp³-hybridized carbons (Fsp3) is 0.556. The van der Waals surface area contributed by atoms with Crippen molar-refractivity contribution in [3.05, 3.63) is 34.9 Å². The fourth-order valence-electron chi connectivity index (χ4n) is 4.14. The van der Waals surface area contributed by atoms with E-state index in [1.807, 2.05) is 24.1 Å². The van der Waals surface area contributed by atoms with Crippen molar-refractivity contribution in [2.45, 2.75) is 31.7 Å². The summed E-state index contributed by atoms with van der Waals surface area (Å²) >= 11 is 5.98. The second-order valence-corrected chi connectivity index (χ2v) is 7.39. The van der Waals surface area contributed by atoms with Gasteiger partial charge >= 0.3 is 5.97 Å². The van der Waals surface area contributed by atoms with Gasteiger partial charge in [0.15, 0.2) is 0 Å². The molecule has 0 aromatic heterocycles. The Hall–Kier alpha value is -1.59. The molecule has 0 spiro atoms. The van der Waals surface area contributed by atoms with E-state index in [1.165, 1.54) is 0 Å². The second-order valence-electron chi connectivity index (χ2n) is 6.96. The van der Waals surface area contributed by atoms with E-state index in [-0.39, 0.29) is 11.9 Å². The largest absolute Gasteiger partial charge is 0.481 e. The van der Waals surface area contributed by atoms with Crippen molar-refractivity contribution in [1.29, 1.82) is 0 Å². The Balaban J connectivity index is 1.73. The maximum absolute atomic E-state index is 12.7. The first-order valence-corrected chi connectivity index (χ1v) is 8.76. The van der Waals surface area contributed by atoms with Crippen LogP contribution in [-0.4, -0.2) is 59.5 Å². The predicted molar refractivity (Wildman–Crippen MR) is 92.1 cm³/mol. The van der Waals surface area contributed by atoms with Gasteiger partial charge in [-0.25, -0.2) is 0 Å². The van der Waals surface area contributed by atoms with Crippen LogP contribution >= 0.6 is 11.6 Å². The number of amides is 1. The van der Waals surface area contributed by atoms with Crippen molar-refractivity contribution in [1.82, 2.24) is 9.80 Å². The lowest BCUT2D eigenvalue weighted by Crippen LogP contribution is -2.63. The van der Waals surface area contributed by atoms with E-state index in [1.54, 1.807) is 12.1 Å². The van der Waals surface area contributed by atoms with E-state index in [0.717, 1.165) is 18.5 Å². The molecule has 6 heteroatoms. The predicted octanol–water partition coefficient (Wildman–Crippen LogP) is 2.28. The Morgan fingerprint density at radius 1 is 1.33 bits per heavy atom. The standard InChI is InChI=1S/C18H23ClN2O3/c1-20-8-3-6-18(17(23)24)7-9-21(12-15(18)20)16(22)11-13-4-2-5-14(19)10-13/h2,4-5,10,15H,3,6-9,11-12H2,1H3,(H,23,24)/t15-,18+/m1/s1. The van der Waals surface area contributed by atoms with Crippen molar-refractivity contribution in [3.63, 3.8) is 0 Å². The summed E-state index contributed by atoms with van der Waals surface area (Å²) in [4.78, 5) is 28.5. The van der Waals surface area contributed by atoms with Gasteiger partial charge in [-0.3, -0.25) is 9.59 Å². The third-order valence-corrected chi connectivity index (χ3v) is 5.78. The highest BCUT2D eigenvalue weighted by molar-refractivity contribution is 6.30. The van der Waals surface area contributed by atoms with E-state index < -0.39 is 11.4 Å². The average Bonchev–Trinajstić information content (AvgIpc) is 2.54. The lowest BCUT2D eigenvalue weighted by atomic mass is 9.68. The van der Waals surface area contributed by atoms with Crippen molar-refractivity contribution in [3.8, 4) is 0 Å². The maximum Gasteiger partial charge on any atom is 0.311 e. The van der Waals surface area contributed by atoms with Crippen LogP contribution in [0.1, 0.15) is 24.8 Å². The Bertz CT molecular complexity index is 651. The number of piperidine rings is 2. The minimum atomic E-state index is -0.721. The quantitative estimate of drug-likeness (QED) is 0.908. The smallest absolute Gasteiger partial charge is 0.311 e. The molecule has 1 aromatic carbocycles. The number of aliphatic carboxylic acids is 1. The molecule has 130 valence electrons. The first-order chi connectivity index (χ1) is 11.4. The van der Waals surface area contributed by atoms with E-state index in [9.17, 15) is 14.7 Å². The number of hydrogen-bond acceptors (Lipinski definition) is 3. The molecule has 24 heavy (non-hydrogen) atoms. The average molecular weight is 351 g/mol. The van der Waals surface area contributed by atoms with Gasteiger partial charge in [-0.05, 0) is 50.6 Å². The third kappa shape index (κ3) is 3.15. The molecule has 0 bridgehead atoms. The lowest BCUT2D eigenvalue weighted by molar-refractivity contribution is -0.165. The Labute approximate surface area is 147 Å². The topological polar surface area (TPSA) is 60.9 Å². The van der Waals surface area contributed by atoms with Crippen LogP contribution in [0.4, 0.5) is 0 Å². The molecule has 1 amide bonds. The Morgan fingerprint density at radius 3 is 2.83 bits per heavy atom. The number of carboxylic acids is 1. The first-order valence-electron chi connectivity index (χ1n) is 8.38. The number of likely N-dealkylation sites (tertiary alicyclic amines) is 2. The van der Waals surface area contributed by atoms with Crippen LogP contribution in [0.25, 0.3) is 0 Å². The lowest BCUT2D eigenvalue weighted by Gasteiger charge is -2.51. The summed E-state index contributed by atoms with van der Waals surface area (Å²) in [5, 5.41) is 10.4. The SMILES string of the molecule is CN1CCC[C@]2(C(=O)O)CCN(C(=O)Cc3cccc(Cl)c3)C[C@@H]12. The summed E-state index contributed by atoms with van der Waals surface area (Å²) in [5.41, 5.74) is 0.180. The molecule has 0 aliphatic carbocycles. The highest BCUT2D eigenvalue weighted by atomic mass is 35.5. The minimum absolute atomic E-state index is 0.0372. The van der Waals surface area contributed by atoms with Gasteiger partial charge in [0.25, 0.3) is 0 Å². The molecule has 2 aliphatic heterocycles. The highest BCUT2D eigenvalue weighted by Gasteiger charge is 2.52. The summed E-state index contributed by atoms with van der Waals surface area (Å²) in [7, 11) is 1.96. The zero-order chi connectivity index (χ0) is 17.3. The number of rotatable bonds is 3. The van der Waals surface area contributed by atoms with Crippen LogP contribution in [0.3, 0.4) is 0 Å². The fourth-order valence-corrected chi connectivity index (χ4v) is 4.36. The van der Waals surface area contributed by atoms with Gasteiger partial charge < -0.3 is 14.9 Å². The van der Waals surface area contributed by atoms with E-state index in [2.05, 4.69) is 4.90 Å². The van der Waals surface area contributed by atoms with Crippen molar-refractivity contribution >= 4 is 23.5 Å². The van der Waals surface area contributed by atoms with Crippen LogP contribution < -0.4 is 0 Å². The number of carbonyl (C=O) groups is 2. The number of fused-ring (bicyclic) bond motifs is 1. The molecule has 5 nitrogen and oxygen atoms in total. The molecular weight excluding hydrogens is 328 g/mol. The molecule has 2 fully saturated rings. The van der Waals surface area contributed by atoms with Gasteiger partial charge in [0.2, 0.25) is 5.91 Å². The van der Waals surface area contributed by atoms with Gasteiger partial charge in [-0.15, -0.1) is 0 Å². The summed E-state index contributed by atoms with van der Waals surface area (Å²) in [6, 6.07) is 7.21. The van der Waals surface area contributed by atoms with Crippen LogP contribution in [0, 0.1) is 5.41 Å². The summed E-state index contributed by atoms with van der Waals surface area (Å²) in [6.07, 6.45) is 2.43. The van der Waals surface area contributed by atoms with Gasteiger partial charge in [0, 0.05) is 24.2 Å². The number of carbonyl (C=O) groups excluding carboxylic acids is 1. The molecule has 0 unspecified atom stereocenters. The molecule has 2 aliphatic rings. The number of benzene rings is 1. The minimum Gasteiger partial charge on any atom is -0.481 e. The highest BCUT2D eigenvalue weighted by Crippen LogP contribution is 2.42. The van der Waals surface area contributed by atoms with Crippen LogP contribution in [-0.2, 0) is 16.0 Å². The summed E-state index contributed by atoms with van der Waals surface area (Å²) in [6.45, 7) is 1.88. The number of nitrogens with zero attached hydrogens (tertiary/aromatic N) is 2. The van der Waals surface area contributed by atoms with Gasteiger partial charge in [-0.1, -0.05) is 23.7 Å². The van der Waals surface area contributed by atoms with Crippen LogP contribution in [0.5, 0.6) is 0 Å². The molecule has 2 heterocycles. The van der Waals surface area contributed by atoms with E-state index in [4.69, 9.17) is 11.6 Å². The van der Waals surface area contributed by atoms with Gasteiger partial charge in [0.1, 0.15) is 0 Å². The molecule has 1 aromatic rings. The van der Waals surface area contributed by atoms with E-state index in [0.29, 0.717) is 37.4 Å². The third-order valence-electron chi connectivity index (χ3n) is 5.55. The second kappa shape index (κ2) is 6.73. The monoisotopic (exact) mass is 350 g/mol. The van der Waals surface area contributed by atoms with Crippen molar-refractivity contribution in [2.24, 2.45) is 5.41 Å². The molecule has 0 saturated carbocycles. The summed E-state index contributed by atoms with van der Waals surface area (Å²) in [5.74, 6) is -0.684. The molecule has 3 rings (SSSR count). The zero-order valence-corrected chi connectivity index (χ0v) is 14.6. The number of hydrogen-bond donors (Lipinski definition) is 1. The normalized spacial score (nSPS) is 27.6. The van der Waals surface area contributed by atoms with Gasteiger partial charge in [0.05, 0.1) is 11.8 Å². The maximum atomic E-state index is 12.7. The first kappa shape index (κ1) is 17.2. The molecular formula is C18H23ClN2O3. The van der Waals surface area contributed by atoms with Crippen LogP contribution in [0.15, 0.2) is 24.3 Å². The Kier molecular flexibility index (Phi) is 4.83. The zero-order valence-electron chi connectivity index (χ0n) is 13.9. The van der Waals surface area contributed by atoms with Gasteiger partial charge in [-0.2, -0.15) is 0 Å². The van der Waals surface area contributed by atoms with E-state index >= 15 is 0 Å². The van der Waals surface area contributed by atoms with Crippen molar-refractivity contribution < 1.29 is 14.7 Å². The number of halogens is 1. The molecule has 1 N–H and O–H groups in total. The Morgan fingerprint density at radius 2 is 2.12 bits per heavy atom. The molecule has 2 saturated heterocycles.